The molecule has 1 heterocycles. The van der Waals surface area contributed by atoms with E-state index in [9.17, 15) is 4.79 Å². The van der Waals surface area contributed by atoms with Crippen LogP contribution in [0.1, 0.15) is 45.4 Å². The van der Waals surface area contributed by atoms with Crippen LogP contribution in [0.25, 0.3) is 0 Å². The van der Waals surface area contributed by atoms with E-state index in [2.05, 4.69) is 21.9 Å². The number of hydrogen-bond donors (Lipinski definition) is 0. The standard InChI is InChI=1S/C13H21N3O4/c1-4-5-6-7-8-9-10(17)20-13-15-11(18-2)14-12(16-13)19-3/h4-9H2,1-3H3. The van der Waals surface area contributed by atoms with Gasteiger partial charge in [0.25, 0.3) is 0 Å². The molecular formula is C13H21N3O4. The number of rotatable bonds is 9. The molecular weight excluding hydrogens is 262 g/mol. The van der Waals surface area contributed by atoms with Crippen molar-refractivity contribution < 1.29 is 19.0 Å². The molecule has 0 aliphatic rings. The van der Waals surface area contributed by atoms with Crippen molar-refractivity contribution in [3.8, 4) is 18.0 Å². The summed E-state index contributed by atoms with van der Waals surface area (Å²) in [4.78, 5) is 23.1. The van der Waals surface area contributed by atoms with E-state index >= 15 is 0 Å². The Kier molecular flexibility index (Phi) is 7.31. The molecule has 0 saturated heterocycles. The number of esters is 1. The summed E-state index contributed by atoms with van der Waals surface area (Å²) in [7, 11) is 2.82. The molecule has 0 bridgehead atoms. The first-order valence-corrected chi connectivity index (χ1v) is 6.74. The van der Waals surface area contributed by atoms with Crippen LogP contribution in [0.5, 0.6) is 18.0 Å². The van der Waals surface area contributed by atoms with Gasteiger partial charge in [0.05, 0.1) is 14.2 Å². The number of ether oxygens (including phenoxy) is 3. The first kappa shape index (κ1) is 16.1. The van der Waals surface area contributed by atoms with E-state index in [0.29, 0.717) is 6.42 Å². The van der Waals surface area contributed by atoms with Gasteiger partial charge in [-0.05, 0) is 6.42 Å². The number of carbonyl (C=O) groups is 1. The number of carbonyl (C=O) groups excluding carboxylic acids is 1. The smallest absolute Gasteiger partial charge is 0.333 e. The lowest BCUT2D eigenvalue weighted by Crippen LogP contribution is -2.11. The number of nitrogens with zero attached hydrogens (tertiary/aromatic N) is 3. The lowest BCUT2D eigenvalue weighted by Gasteiger charge is -2.05. The van der Waals surface area contributed by atoms with E-state index in [1.165, 1.54) is 27.1 Å². The third kappa shape index (κ3) is 5.81. The Morgan fingerprint density at radius 3 is 2.00 bits per heavy atom. The molecule has 20 heavy (non-hydrogen) atoms. The highest BCUT2D eigenvalue weighted by molar-refractivity contribution is 5.71. The van der Waals surface area contributed by atoms with Crippen LogP contribution in [0.15, 0.2) is 0 Å². The molecule has 7 heteroatoms. The van der Waals surface area contributed by atoms with Crippen LogP contribution in [-0.4, -0.2) is 35.1 Å². The van der Waals surface area contributed by atoms with E-state index in [-0.39, 0.29) is 24.0 Å². The van der Waals surface area contributed by atoms with Crippen LogP contribution in [0.2, 0.25) is 0 Å². The topological polar surface area (TPSA) is 83.4 Å². The number of hydrogen-bond acceptors (Lipinski definition) is 7. The zero-order valence-corrected chi connectivity index (χ0v) is 12.2. The molecule has 7 nitrogen and oxygen atoms in total. The fraction of sp³-hybridized carbons (Fsp3) is 0.692. The van der Waals surface area contributed by atoms with Crippen molar-refractivity contribution in [2.24, 2.45) is 0 Å². The maximum Gasteiger partial charge on any atom is 0.333 e. The summed E-state index contributed by atoms with van der Waals surface area (Å²) in [6, 6.07) is -0.0163. The summed E-state index contributed by atoms with van der Waals surface area (Å²) in [5.41, 5.74) is 0. The molecule has 0 aliphatic heterocycles. The van der Waals surface area contributed by atoms with Crippen molar-refractivity contribution in [1.29, 1.82) is 0 Å². The van der Waals surface area contributed by atoms with Crippen LogP contribution in [-0.2, 0) is 4.79 Å². The number of methoxy groups -OCH3 is 2. The quantitative estimate of drug-likeness (QED) is 0.507. The van der Waals surface area contributed by atoms with E-state index < -0.39 is 0 Å². The highest BCUT2D eigenvalue weighted by Gasteiger charge is 2.12. The summed E-state index contributed by atoms with van der Waals surface area (Å²) >= 11 is 0. The summed E-state index contributed by atoms with van der Waals surface area (Å²) < 4.78 is 14.8. The van der Waals surface area contributed by atoms with Gasteiger partial charge >= 0.3 is 24.0 Å². The molecule has 1 aromatic heterocycles. The Bertz CT molecular complexity index is 404. The predicted octanol–water partition coefficient (Wildman–Crippen LogP) is 2.15. The molecule has 0 aliphatic carbocycles. The molecule has 0 aromatic carbocycles. The average molecular weight is 283 g/mol. The van der Waals surface area contributed by atoms with Crippen molar-refractivity contribution in [3.05, 3.63) is 0 Å². The fourth-order valence-corrected chi connectivity index (χ4v) is 1.57. The average Bonchev–Trinajstić information content (AvgIpc) is 2.46. The minimum Gasteiger partial charge on any atom is -0.467 e. The lowest BCUT2D eigenvalue weighted by molar-refractivity contribution is -0.135. The summed E-state index contributed by atoms with van der Waals surface area (Å²) in [5.74, 6) is -0.364. The van der Waals surface area contributed by atoms with Crippen molar-refractivity contribution in [2.45, 2.75) is 45.4 Å². The Morgan fingerprint density at radius 1 is 0.900 bits per heavy atom. The van der Waals surface area contributed by atoms with Gasteiger partial charge in [0, 0.05) is 6.42 Å². The Labute approximate surface area is 118 Å². The Morgan fingerprint density at radius 2 is 1.45 bits per heavy atom. The molecule has 0 N–H and O–H groups in total. The van der Waals surface area contributed by atoms with Crippen molar-refractivity contribution in [1.82, 2.24) is 15.0 Å². The second-order valence-corrected chi connectivity index (χ2v) is 4.23. The van der Waals surface area contributed by atoms with Gasteiger partial charge in [0.1, 0.15) is 0 Å². The van der Waals surface area contributed by atoms with Gasteiger partial charge < -0.3 is 14.2 Å². The molecule has 1 aromatic rings. The molecule has 0 unspecified atom stereocenters. The van der Waals surface area contributed by atoms with Crippen molar-refractivity contribution >= 4 is 5.97 Å². The molecule has 0 radical (unpaired) electrons. The van der Waals surface area contributed by atoms with Gasteiger partial charge in [-0.3, -0.25) is 4.79 Å². The molecule has 0 atom stereocenters. The van der Waals surface area contributed by atoms with Crippen molar-refractivity contribution in [2.75, 3.05) is 14.2 Å². The van der Waals surface area contributed by atoms with E-state index in [4.69, 9.17) is 14.2 Å². The predicted molar refractivity (Wildman–Crippen MR) is 71.9 cm³/mol. The number of aromatic nitrogens is 3. The molecule has 0 spiro atoms. The van der Waals surface area contributed by atoms with Crippen LogP contribution in [0.3, 0.4) is 0 Å². The SMILES string of the molecule is CCCCCCCC(=O)Oc1nc(OC)nc(OC)n1. The molecule has 0 amide bonds. The van der Waals surface area contributed by atoms with Gasteiger partial charge in [-0.1, -0.05) is 32.6 Å². The third-order valence-corrected chi connectivity index (χ3v) is 2.63. The first-order chi connectivity index (χ1) is 9.69. The van der Waals surface area contributed by atoms with E-state index in [1.807, 2.05) is 0 Å². The second kappa shape index (κ2) is 9.06. The highest BCUT2D eigenvalue weighted by atomic mass is 16.6. The third-order valence-electron chi connectivity index (χ3n) is 2.63. The largest absolute Gasteiger partial charge is 0.467 e. The van der Waals surface area contributed by atoms with Gasteiger partial charge in [-0.25, -0.2) is 0 Å². The van der Waals surface area contributed by atoms with Gasteiger partial charge in [0.2, 0.25) is 0 Å². The van der Waals surface area contributed by atoms with Crippen LogP contribution < -0.4 is 14.2 Å². The van der Waals surface area contributed by atoms with Crippen LogP contribution in [0, 0.1) is 0 Å². The Balaban J connectivity index is 2.44. The summed E-state index contributed by atoms with van der Waals surface area (Å²) in [6.45, 7) is 2.15. The van der Waals surface area contributed by atoms with E-state index in [1.54, 1.807) is 0 Å². The minimum absolute atomic E-state index is 0.0441. The first-order valence-electron chi connectivity index (χ1n) is 6.74. The summed E-state index contributed by atoms with van der Waals surface area (Å²) in [6.07, 6.45) is 5.67. The summed E-state index contributed by atoms with van der Waals surface area (Å²) in [5, 5.41) is 0. The van der Waals surface area contributed by atoms with Crippen LogP contribution >= 0.6 is 0 Å². The molecule has 0 saturated carbocycles. The van der Waals surface area contributed by atoms with Gasteiger partial charge in [0.15, 0.2) is 0 Å². The lowest BCUT2D eigenvalue weighted by atomic mass is 10.1. The second-order valence-electron chi connectivity index (χ2n) is 4.23. The normalized spacial score (nSPS) is 10.2. The zero-order valence-electron chi connectivity index (χ0n) is 12.2. The monoisotopic (exact) mass is 283 g/mol. The minimum atomic E-state index is -0.364. The molecule has 1 rings (SSSR count). The van der Waals surface area contributed by atoms with Crippen molar-refractivity contribution in [3.63, 3.8) is 0 Å². The maximum atomic E-state index is 11.6. The Hall–Kier alpha value is -1.92. The fourth-order valence-electron chi connectivity index (χ4n) is 1.57. The van der Waals surface area contributed by atoms with Gasteiger partial charge in [-0.15, -0.1) is 15.0 Å². The zero-order chi connectivity index (χ0) is 14.8. The molecule has 112 valence electrons. The molecule has 0 fully saturated rings. The highest BCUT2D eigenvalue weighted by Crippen LogP contribution is 2.14. The van der Waals surface area contributed by atoms with Gasteiger partial charge in [-0.2, -0.15) is 0 Å². The maximum absolute atomic E-state index is 11.6. The van der Waals surface area contributed by atoms with E-state index in [0.717, 1.165) is 19.3 Å². The van der Waals surface area contributed by atoms with Crippen LogP contribution in [0.4, 0.5) is 0 Å². The number of unbranched alkanes of at least 4 members (excludes halogenated alkanes) is 4.